The van der Waals surface area contributed by atoms with Crippen molar-refractivity contribution in [1.29, 1.82) is 0 Å². The predicted molar refractivity (Wildman–Crippen MR) is 103 cm³/mol. The van der Waals surface area contributed by atoms with Crippen molar-refractivity contribution in [2.75, 3.05) is 6.61 Å². The third-order valence-electron chi connectivity index (χ3n) is 3.41. The lowest BCUT2D eigenvalue weighted by Crippen LogP contribution is -2.18. The molecule has 0 bridgehead atoms. The van der Waals surface area contributed by atoms with Gasteiger partial charge in [-0.3, -0.25) is 4.79 Å². The van der Waals surface area contributed by atoms with Crippen LogP contribution in [0.25, 0.3) is 10.2 Å². The number of thiazole rings is 1. The van der Waals surface area contributed by atoms with Crippen molar-refractivity contribution < 1.29 is 9.53 Å². The number of carbonyl (C=O) groups is 1. The second-order valence-electron chi connectivity index (χ2n) is 5.11. The van der Waals surface area contributed by atoms with E-state index >= 15 is 0 Å². The minimum atomic E-state index is -0.383. The van der Waals surface area contributed by atoms with Gasteiger partial charge in [0.2, 0.25) is 0 Å². The number of amides is 1. The van der Waals surface area contributed by atoms with Gasteiger partial charge in [0.15, 0.2) is 11.4 Å². The molecular weight excluding hydrogens is 403 g/mol. The summed E-state index contributed by atoms with van der Waals surface area (Å²) >= 11 is 19.5. The molecule has 0 atom stereocenters. The van der Waals surface area contributed by atoms with Crippen LogP contribution in [0, 0.1) is 0 Å². The molecule has 0 aliphatic heterocycles. The fourth-order valence-corrected chi connectivity index (χ4v) is 4.34. The van der Waals surface area contributed by atoms with Crippen LogP contribution < -0.4 is 9.54 Å². The van der Waals surface area contributed by atoms with E-state index in [0.717, 1.165) is 10.2 Å². The zero-order chi connectivity index (χ0) is 18.0. The molecule has 1 heterocycles. The molecule has 1 aromatic heterocycles. The maximum Gasteiger partial charge on any atom is 0.286 e. The van der Waals surface area contributed by atoms with Crippen molar-refractivity contribution in [2.24, 2.45) is 4.99 Å². The standard InChI is InChI=1S/C17H13Cl3N2O2S/c1-2-22-16-13(20)7-11(19)8-14(16)25-17(22)21-15(23)9-24-12-5-3-10(18)4-6-12/h3-8H,2,9H2,1H3. The fraction of sp³-hybridized carbons (Fsp3) is 0.176. The highest BCUT2D eigenvalue weighted by atomic mass is 35.5. The van der Waals surface area contributed by atoms with Crippen molar-refractivity contribution in [3.05, 3.63) is 56.3 Å². The highest BCUT2D eigenvalue weighted by Gasteiger charge is 2.11. The molecule has 8 heteroatoms. The SMILES string of the molecule is CCn1c(=NC(=O)COc2ccc(Cl)cc2)sc2cc(Cl)cc(Cl)c21. The third-order valence-corrected chi connectivity index (χ3v) is 5.19. The summed E-state index contributed by atoms with van der Waals surface area (Å²) in [6, 6.07) is 10.3. The first-order chi connectivity index (χ1) is 12.0. The molecule has 0 spiro atoms. The van der Waals surface area contributed by atoms with E-state index in [0.29, 0.717) is 32.2 Å². The smallest absolute Gasteiger partial charge is 0.286 e. The maximum absolute atomic E-state index is 12.2. The van der Waals surface area contributed by atoms with Gasteiger partial charge in [0.05, 0.1) is 15.2 Å². The number of hydrogen-bond donors (Lipinski definition) is 0. The number of carbonyl (C=O) groups excluding carboxylic acids is 1. The predicted octanol–water partition coefficient (Wildman–Crippen LogP) is 5.19. The van der Waals surface area contributed by atoms with Crippen LogP contribution in [0.4, 0.5) is 0 Å². The van der Waals surface area contributed by atoms with Gasteiger partial charge in [-0.15, -0.1) is 0 Å². The van der Waals surface area contributed by atoms with Gasteiger partial charge in [-0.1, -0.05) is 46.1 Å². The molecule has 0 aliphatic rings. The fourth-order valence-electron chi connectivity index (χ4n) is 2.32. The van der Waals surface area contributed by atoms with E-state index in [1.54, 1.807) is 30.3 Å². The molecule has 1 amide bonds. The normalized spacial score (nSPS) is 11.9. The van der Waals surface area contributed by atoms with Crippen molar-refractivity contribution in [3.8, 4) is 5.75 Å². The molecule has 0 saturated carbocycles. The molecule has 3 rings (SSSR count). The Balaban J connectivity index is 1.88. The van der Waals surface area contributed by atoms with Crippen LogP contribution in [0.3, 0.4) is 0 Å². The summed E-state index contributed by atoms with van der Waals surface area (Å²) in [4.78, 5) is 16.9. The lowest BCUT2D eigenvalue weighted by atomic mass is 10.3. The summed E-state index contributed by atoms with van der Waals surface area (Å²) in [5, 5.41) is 1.69. The molecule has 0 aliphatic carbocycles. The van der Waals surface area contributed by atoms with Gasteiger partial charge in [0.25, 0.3) is 5.91 Å². The van der Waals surface area contributed by atoms with Gasteiger partial charge in [0.1, 0.15) is 5.75 Å². The number of rotatable bonds is 4. The van der Waals surface area contributed by atoms with Gasteiger partial charge >= 0.3 is 0 Å². The van der Waals surface area contributed by atoms with Gasteiger partial charge in [-0.05, 0) is 43.3 Å². The average molecular weight is 416 g/mol. The number of benzene rings is 2. The minimum absolute atomic E-state index is 0.159. The summed E-state index contributed by atoms with van der Waals surface area (Å²) < 4.78 is 8.20. The Morgan fingerprint density at radius 2 is 1.88 bits per heavy atom. The van der Waals surface area contributed by atoms with E-state index in [2.05, 4.69) is 4.99 Å². The summed E-state index contributed by atoms with van der Waals surface area (Å²) in [6.07, 6.45) is 0. The number of aromatic nitrogens is 1. The van der Waals surface area contributed by atoms with Crippen molar-refractivity contribution >= 4 is 62.3 Å². The van der Waals surface area contributed by atoms with E-state index in [4.69, 9.17) is 39.5 Å². The Morgan fingerprint density at radius 3 is 2.56 bits per heavy atom. The third kappa shape index (κ3) is 4.18. The van der Waals surface area contributed by atoms with Crippen LogP contribution in [-0.4, -0.2) is 17.1 Å². The summed E-state index contributed by atoms with van der Waals surface area (Å²) in [5.74, 6) is 0.174. The topological polar surface area (TPSA) is 43.6 Å². The Morgan fingerprint density at radius 1 is 1.16 bits per heavy atom. The number of fused-ring (bicyclic) bond motifs is 1. The van der Waals surface area contributed by atoms with Gasteiger partial charge in [0, 0.05) is 16.6 Å². The lowest BCUT2D eigenvalue weighted by molar-refractivity contribution is -0.120. The Kier molecular flexibility index (Phi) is 5.69. The van der Waals surface area contributed by atoms with Crippen LogP contribution in [-0.2, 0) is 11.3 Å². The second kappa shape index (κ2) is 7.79. The Labute approximate surface area is 163 Å². The van der Waals surface area contributed by atoms with Crippen LogP contribution in [0.5, 0.6) is 5.75 Å². The molecule has 25 heavy (non-hydrogen) atoms. The summed E-state index contributed by atoms with van der Waals surface area (Å²) in [5.41, 5.74) is 0.823. The molecule has 0 saturated heterocycles. The first-order valence-electron chi connectivity index (χ1n) is 7.42. The van der Waals surface area contributed by atoms with Crippen molar-refractivity contribution in [3.63, 3.8) is 0 Å². The largest absolute Gasteiger partial charge is 0.484 e. The molecule has 4 nitrogen and oxygen atoms in total. The van der Waals surface area contributed by atoms with E-state index in [1.807, 2.05) is 17.6 Å². The molecule has 0 unspecified atom stereocenters. The monoisotopic (exact) mass is 414 g/mol. The highest BCUT2D eigenvalue weighted by Crippen LogP contribution is 2.29. The zero-order valence-corrected chi connectivity index (χ0v) is 16.2. The van der Waals surface area contributed by atoms with Crippen LogP contribution >= 0.6 is 46.1 Å². The molecule has 130 valence electrons. The van der Waals surface area contributed by atoms with Crippen molar-refractivity contribution in [1.82, 2.24) is 4.57 Å². The molecule has 2 aromatic carbocycles. The van der Waals surface area contributed by atoms with Crippen molar-refractivity contribution in [2.45, 2.75) is 13.5 Å². The Hall–Kier alpha value is -1.53. The van der Waals surface area contributed by atoms with Crippen LogP contribution in [0.2, 0.25) is 15.1 Å². The lowest BCUT2D eigenvalue weighted by Gasteiger charge is -2.04. The van der Waals surface area contributed by atoms with Crippen LogP contribution in [0.1, 0.15) is 6.92 Å². The number of hydrogen-bond acceptors (Lipinski definition) is 3. The van der Waals surface area contributed by atoms with E-state index in [-0.39, 0.29) is 12.5 Å². The second-order valence-corrected chi connectivity index (χ2v) is 7.40. The summed E-state index contributed by atoms with van der Waals surface area (Å²) in [7, 11) is 0. The van der Waals surface area contributed by atoms with E-state index < -0.39 is 0 Å². The maximum atomic E-state index is 12.2. The average Bonchev–Trinajstić information content (AvgIpc) is 2.91. The molecule has 3 aromatic rings. The molecule has 0 radical (unpaired) electrons. The number of nitrogens with zero attached hydrogens (tertiary/aromatic N) is 2. The van der Waals surface area contributed by atoms with Gasteiger partial charge in [-0.2, -0.15) is 4.99 Å². The van der Waals surface area contributed by atoms with Gasteiger partial charge in [-0.25, -0.2) is 0 Å². The highest BCUT2D eigenvalue weighted by molar-refractivity contribution is 7.16. The molecular formula is C17H13Cl3N2O2S. The molecule has 0 N–H and O–H groups in total. The van der Waals surface area contributed by atoms with E-state index in [1.165, 1.54) is 11.3 Å². The Bertz CT molecular complexity index is 994. The van der Waals surface area contributed by atoms with E-state index in [9.17, 15) is 4.79 Å². The first-order valence-corrected chi connectivity index (χ1v) is 9.37. The minimum Gasteiger partial charge on any atom is -0.484 e. The number of aryl methyl sites for hydroxylation is 1. The first kappa shape index (κ1) is 18.3. The summed E-state index contributed by atoms with van der Waals surface area (Å²) in [6.45, 7) is 2.43. The number of ether oxygens (including phenoxy) is 1. The quantitative estimate of drug-likeness (QED) is 0.588. The van der Waals surface area contributed by atoms with Crippen LogP contribution in [0.15, 0.2) is 41.4 Å². The molecule has 0 fully saturated rings. The zero-order valence-electron chi connectivity index (χ0n) is 13.1. The number of halogens is 3. The van der Waals surface area contributed by atoms with Gasteiger partial charge < -0.3 is 9.30 Å².